The monoisotopic (exact) mass is 393 g/mol. The number of rotatable bonds is 4. The van der Waals surface area contributed by atoms with Crippen molar-refractivity contribution in [1.82, 2.24) is 14.9 Å². The van der Waals surface area contributed by atoms with Crippen LogP contribution in [-0.4, -0.2) is 41.0 Å². The molecule has 0 atom stereocenters. The van der Waals surface area contributed by atoms with Gasteiger partial charge in [0, 0.05) is 38.3 Å². The van der Waals surface area contributed by atoms with Gasteiger partial charge < -0.3 is 9.88 Å². The average Bonchev–Trinajstić information content (AvgIpc) is 3.24. The van der Waals surface area contributed by atoms with Gasteiger partial charge in [-0.15, -0.1) is 0 Å². The molecule has 0 radical (unpaired) electrons. The number of fused-ring (bicyclic) bond motifs is 1. The summed E-state index contributed by atoms with van der Waals surface area (Å²) in [7, 11) is 0. The molecule has 0 aliphatic carbocycles. The van der Waals surface area contributed by atoms with E-state index in [0.717, 1.165) is 60.8 Å². The standard InChI is InChI=1S/C25H23N5/c26-17-21-16-20(25-27-22-8-4-5-9-23(22)28-25)10-11-24(21)30-14-12-29(13-15-30)18-19-6-2-1-3-7-19/h1-11,16H,12-15,18H2,(H,27,28). The fraction of sp³-hybridized carbons (Fsp3) is 0.200. The number of imidazole rings is 1. The number of nitriles is 1. The van der Waals surface area contributed by atoms with Crippen LogP contribution in [0.5, 0.6) is 0 Å². The van der Waals surface area contributed by atoms with E-state index in [1.165, 1.54) is 5.56 Å². The molecule has 1 N–H and O–H groups in total. The Balaban J connectivity index is 1.32. The molecule has 0 bridgehead atoms. The van der Waals surface area contributed by atoms with E-state index >= 15 is 0 Å². The first-order valence-electron chi connectivity index (χ1n) is 10.3. The predicted molar refractivity (Wildman–Crippen MR) is 120 cm³/mol. The largest absolute Gasteiger partial charge is 0.368 e. The van der Waals surface area contributed by atoms with Gasteiger partial charge in [-0.3, -0.25) is 4.90 Å². The first kappa shape index (κ1) is 18.4. The molecular weight excluding hydrogens is 370 g/mol. The molecule has 0 spiro atoms. The van der Waals surface area contributed by atoms with Gasteiger partial charge in [-0.2, -0.15) is 5.26 Å². The van der Waals surface area contributed by atoms with Crippen molar-refractivity contribution in [3.8, 4) is 17.5 Å². The molecule has 2 heterocycles. The zero-order valence-corrected chi connectivity index (χ0v) is 16.8. The first-order chi connectivity index (χ1) is 14.8. The normalized spacial score (nSPS) is 14.7. The van der Waals surface area contributed by atoms with Crippen molar-refractivity contribution in [3.63, 3.8) is 0 Å². The number of benzene rings is 3. The number of aromatic nitrogens is 2. The summed E-state index contributed by atoms with van der Waals surface area (Å²) in [6.07, 6.45) is 0. The van der Waals surface area contributed by atoms with Gasteiger partial charge in [0.15, 0.2) is 0 Å². The van der Waals surface area contributed by atoms with Crippen LogP contribution in [0.3, 0.4) is 0 Å². The van der Waals surface area contributed by atoms with Crippen molar-refractivity contribution in [2.24, 2.45) is 0 Å². The molecule has 1 aliphatic heterocycles. The fourth-order valence-electron chi connectivity index (χ4n) is 4.13. The van der Waals surface area contributed by atoms with E-state index in [1.54, 1.807) is 0 Å². The Kier molecular flexibility index (Phi) is 4.92. The fourth-order valence-corrected chi connectivity index (χ4v) is 4.13. The molecule has 5 heteroatoms. The minimum Gasteiger partial charge on any atom is -0.368 e. The van der Waals surface area contributed by atoms with Crippen LogP contribution in [0.2, 0.25) is 0 Å². The Morgan fingerprint density at radius 1 is 0.900 bits per heavy atom. The predicted octanol–water partition coefficient (Wildman–Crippen LogP) is 4.42. The molecule has 30 heavy (non-hydrogen) atoms. The lowest BCUT2D eigenvalue weighted by atomic mass is 10.1. The number of piperazine rings is 1. The Hall–Kier alpha value is -3.62. The van der Waals surface area contributed by atoms with E-state index in [4.69, 9.17) is 0 Å². The van der Waals surface area contributed by atoms with Crippen molar-refractivity contribution in [2.75, 3.05) is 31.1 Å². The van der Waals surface area contributed by atoms with Crippen LogP contribution in [-0.2, 0) is 6.54 Å². The molecule has 4 aromatic rings. The molecule has 0 unspecified atom stereocenters. The molecule has 3 aromatic carbocycles. The summed E-state index contributed by atoms with van der Waals surface area (Å²) in [4.78, 5) is 12.8. The lowest BCUT2D eigenvalue weighted by Gasteiger charge is -2.36. The number of para-hydroxylation sites is 2. The lowest BCUT2D eigenvalue weighted by Crippen LogP contribution is -2.46. The van der Waals surface area contributed by atoms with E-state index in [-0.39, 0.29) is 0 Å². The maximum absolute atomic E-state index is 9.79. The zero-order chi connectivity index (χ0) is 20.3. The second-order valence-corrected chi connectivity index (χ2v) is 7.70. The maximum atomic E-state index is 9.79. The molecule has 5 rings (SSSR count). The van der Waals surface area contributed by atoms with Gasteiger partial charge in [0.25, 0.3) is 0 Å². The van der Waals surface area contributed by atoms with Crippen LogP contribution < -0.4 is 4.90 Å². The van der Waals surface area contributed by atoms with E-state index in [1.807, 2.05) is 30.3 Å². The van der Waals surface area contributed by atoms with Gasteiger partial charge in [0.05, 0.1) is 22.3 Å². The first-order valence-corrected chi connectivity index (χ1v) is 10.3. The van der Waals surface area contributed by atoms with Crippen LogP contribution in [0.1, 0.15) is 11.1 Å². The van der Waals surface area contributed by atoms with Crippen LogP contribution >= 0.6 is 0 Å². The summed E-state index contributed by atoms with van der Waals surface area (Å²) in [5.41, 5.74) is 5.93. The van der Waals surface area contributed by atoms with E-state index in [0.29, 0.717) is 5.56 Å². The second kappa shape index (κ2) is 8.02. The number of aromatic amines is 1. The summed E-state index contributed by atoms with van der Waals surface area (Å²) in [5.74, 6) is 0.798. The number of nitrogens with one attached hydrogen (secondary N) is 1. The van der Waals surface area contributed by atoms with Crippen LogP contribution in [0, 0.1) is 11.3 Å². The number of nitrogens with zero attached hydrogens (tertiary/aromatic N) is 4. The number of anilines is 1. The maximum Gasteiger partial charge on any atom is 0.138 e. The van der Waals surface area contributed by atoms with Crippen molar-refractivity contribution < 1.29 is 0 Å². The van der Waals surface area contributed by atoms with Gasteiger partial charge >= 0.3 is 0 Å². The number of hydrogen-bond donors (Lipinski definition) is 1. The third kappa shape index (κ3) is 3.66. The molecule has 5 nitrogen and oxygen atoms in total. The highest BCUT2D eigenvalue weighted by Gasteiger charge is 2.20. The Labute approximate surface area is 176 Å². The van der Waals surface area contributed by atoms with E-state index in [9.17, 15) is 5.26 Å². The third-order valence-corrected chi connectivity index (χ3v) is 5.74. The highest BCUT2D eigenvalue weighted by Crippen LogP contribution is 2.28. The Bertz CT molecular complexity index is 1160. The summed E-state index contributed by atoms with van der Waals surface area (Å²) in [6, 6.07) is 27.0. The highest BCUT2D eigenvalue weighted by atomic mass is 15.3. The van der Waals surface area contributed by atoms with Crippen molar-refractivity contribution in [1.29, 1.82) is 5.26 Å². The van der Waals surface area contributed by atoms with E-state index < -0.39 is 0 Å². The van der Waals surface area contributed by atoms with Gasteiger partial charge in [-0.25, -0.2) is 4.98 Å². The molecule has 1 fully saturated rings. The van der Waals surface area contributed by atoms with Crippen LogP contribution in [0.25, 0.3) is 22.4 Å². The average molecular weight is 393 g/mol. The van der Waals surface area contributed by atoms with Crippen LogP contribution in [0.4, 0.5) is 5.69 Å². The van der Waals surface area contributed by atoms with Crippen molar-refractivity contribution in [2.45, 2.75) is 6.54 Å². The van der Waals surface area contributed by atoms with Crippen LogP contribution in [0.15, 0.2) is 72.8 Å². The quantitative estimate of drug-likeness (QED) is 0.557. The molecule has 148 valence electrons. The smallest absolute Gasteiger partial charge is 0.138 e. The topological polar surface area (TPSA) is 59.0 Å². The highest BCUT2D eigenvalue weighted by molar-refractivity contribution is 5.80. The minimum absolute atomic E-state index is 0.699. The SMILES string of the molecule is N#Cc1cc(-c2nc3ccccc3[nH]2)ccc1N1CCN(Cc2ccccc2)CC1. The Morgan fingerprint density at radius 2 is 1.67 bits per heavy atom. The summed E-state index contributed by atoms with van der Waals surface area (Å²) >= 11 is 0. The van der Waals surface area contributed by atoms with E-state index in [2.05, 4.69) is 68.3 Å². The minimum atomic E-state index is 0.699. The number of hydrogen-bond acceptors (Lipinski definition) is 4. The van der Waals surface area contributed by atoms with Crippen molar-refractivity contribution >= 4 is 16.7 Å². The third-order valence-electron chi connectivity index (χ3n) is 5.74. The Morgan fingerprint density at radius 3 is 2.43 bits per heavy atom. The molecule has 1 aliphatic rings. The molecular formula is C25H23N5. The van der Waals surface area contributed by atoms with Gasteiger partial charge in [-0.05, 0) is 35.9 Å². The lowest BCUT2D eigenvalue weighted by molar-refractivity contribution is 0.250. The van der Waals surface area contributed by atoms with Gasteiger partial charge in [0.2, 0.25) is 0 Å². The summed E-state index contributed by atoms with van der Waals surface area (Å²) in [5, 5.41) is 9.79. The molecule has 1 aromatic heterocycles. The second-order valence-electron chi connectivity index (χ2n) is 7.70. The molecule has 0 saturated carbocycles. The molecule has 0 amide bonds. The summed E-state index contributed by atoms with van der Waals surface area (Å²) < 4.78 is 0. The van der Waals surface area contributed by atoms with Gasteiger partial charge in [0.1, 0.15) is 11.9 Å². The molecule has 1 saturated heterocycles. The van der Waals surface area contributed by atoms with Crippen molar-refractivity contribution in [3.05, 3.63) is 83.9 Å². The summed E-state index contributed by atoms with van der Waals surface area (Å²) in [6.45, 7) is 4.80. The zero-order valence-electron chi connectivity index (χ0n) is 16.8. The van der Waals surface area contributed by atoms with Gasteiger partial charge in [-0.1, -0.05) is 42.5 Å². The number of H-pyrrole nitrogens is 1.